The van der Waals surface area contributed by atoms with Gasteiger partial charge >= 0.3 is 18.9 Å². The fraction of sp³-hybridized carbons (Fsp3) is 0.800. The molecule has 0 spiro atoms. The van der Waals surface area contributed by atoms with Crippen molar-refractivity contribution >= 4 is 19.9 Å². The number of Topliss-reactive ketones (excluding diaryl/α,β-unsaturated/α-hetero) is 1. The van der Waals surface area contributed by atoms with Gasteiger partial charge in [-0.3, -0.25) is 0 Å². The molecule has 0 rings (SSSR count). The first-order valence-corrected chi connectivity index (χ1v) is 5.75. The molecule has 0 radical (unpaired) electrons. The third-order valence-corrected chi connectivity index (χ3v) is 2.09. The van der Waals surface area contributed by atoms with E-state index in [-0.39, 0.29) is 20.3 Å². The van der Waals surface area contributed by atoms with Crippen molar-refractivity contribution in [1.82, 2.24) is 0 Å². The van der Waals surface area contributed by atoms with Crippen LogP contribution < -0.4 is 18.9 Å². The minimum Gasteiger partial charge on any atom is -1.00 e. The van der Waals surface area contributed by atoms with Crippen molar-refractivity contribution in [3.8, 4) is 0 Å². The molecular formula is C5H12AlLiO. The summed E-state index contributed by atoms with van der Waals surface area (Å²) < 4.78 is 0. The van der Waals surface area contributed by atoms with Gasteiger partial charge in [-0.25, -0.2) is 0 Å². The molecule has 0 unspecified atom stereocenters. The van der Waals surface area contributed by atoms with Gasteiger partial charge in [-0.05, 0) is 12.2 Å². The van der Waals surface area contributed by atoms with Crippen molar-refractivity contribution in [2.45, 2.75) is 23.8 Å². The Labute approximate surface area is 68.9 Å². The predicted molar refractivity (Wildman–Crippen MR) is 34.1 cm³/mol. The summed E-state index contributed by atoms with van der Waals surface area (Å²) in [6.07, 6.45) is 0. The van der Waals surface area contributed by atoms with Crippen molar-refractivity contribution < 1.29 is 25.1 Å². The summed E-state index contributed by atoms with van der Waals surface area (Å²) in [5, 5.41) is 0.861. The zero-order valence-corrected chi connectivity index (χ0v) is 7.35. The number of hydrogen-bond donors (Lipinski definition) is 0. The summed E-state index contributed by atoms with van der Waals surface area (Å²) in [5.74, 6) is 4.71. The molecule has 0 aromatic carbocycles. The van der Waals surface area contributed by atoms with Gasteiger partial charge in [-0.15, -0.1) is 11.6 Å². The van der Waals surface area contributed by atoms with E-state index in [4.69, 9.17) is 0 Å². The Kier molecular flexibility index (Phi) is 8.58. The molecule has 0 aliphatic carbocycles. The maximum atomic E-state index is 10.3. The fourth-order valence-electron chi connectivity index (χ4n) is 0.575. The van der Waals surface area contributed by atoms with E-state index in [2.05, 4.69) is 11.6 Å². The number of carbonyl (C=O) groups is 1. The second-order valence-corrected chi connectivity index (χ2v) is 5.50. The molecule has 0 bridgehead atoms. The molecule has 1 nitrogen and oxygen atoms in total. The van der Waals surface area contributed by atoms with Crippen LogP contribution >= 0.6 is 0 Å². The monoisotopic (exact) mass is 122 g/mol. The van der Waals surface area contributed by atoms with E-state index in [9.17, 15) is 4.79 Å². The maximum Gasteiger partial charge on any atom is 1.00 e. The van der Waals surface area contributed by atoms with Gasteiger partial charge in [0.2, 0.25) is 0 Å². The van der Waals surface area contributed by atoms with E-state index < -0.39 is 14.1 Å². The van der Waals surface area contributed by atoms with E-state index in [1.165, 1.54) is 0 Å². The standard InChI is InChI=1S/C3H5O.2CH3.Al.Li.H/c1-3(2)4;;;;;/h1H2,2H3;2*1H3;;;/q;;;;+1;-1. The molecule has 0 saturated carbocycles. The minimum absolute atomic E-state index is 0. The summed E-state index contributed by atoms with van der Waals surface area (Å²) in [6, 6.07) is 0. The zero-order valence-electron chi connectivity index (χ0n) is 7.19. The van der Waals surface area contributed by atoms with E-state index >= 15 is 0 Å². The van der Waals surface area contributed by atoms with E-state index in [1.54, 1.807) is 6.92 Å². The van der Waals surface area contributed by atoms with E-state index in [0.29, 0.717) is 5.78 Å². The average Bonchev–Trinajstić information content (AvgIpc) is 1.27. The van der Waals surface area contributed by atoms with Crippen LogP contribution in [0.3, 0.4) is 0 Å². The van der Waals surface area contributed by atoms with Crippen LogP contribution in [0.2, 0.25) is 16.9 Å². The molecule has 3 heteroatoms. The summed E-state index contributed by atoms with van der Waals surface area (Å²) in [4.78, 5) is 10.3. The van der Waals surface area contributed by atoms with Crippen molar-refractivity contribution in [3.63, 3.8) is 0 Å². The smallest absolute Gasteiger partial charge is 1.00 e. The van der Waals surface area contributed by atoms with Gasteiger partial charge in [-0.2, -0.15) is 0 Å². The second kappa shape index (κ2) is 5.93. The van der Waals surface area contributed by atoms with Crippen LogP contribution in [0.5, 0.6) is 0 Å². The molecule has 0 heterocycles. The third kappa shape index (κ3) is 9.93. The Hall–Kier alpha value is 0.800. The van der Waals surface area contributed by atoms with Gasteiger partial charge in [0.25, 0.3) is 14.1 Å². The molecular weight excluding hydrogens is 110 g/mol. The Morgan fingerprint density at radius 3 is 2.00 bits per heavy atom. The van der Waals surface area contributed by atoms with Crippen LogP contribution in [0.25, 0.3) is 0 Å². The van der Waals surface area contributed by atoms with Crippen LogP contribution in [-0.2, 0) is 4.79 Å². The van der Waals surface area contributed by atoms with Crippen LogP contribution in [0.4, 0.5) is 0 Å². The molecule has 8 heavy (non-hydrogen) atoms. The molecule has 0 aliphatic rings. The zero-order chi connectivity index (χ0) is 5.86. The Balaban J connectivity index is -0.000000180. The summed E-state index contributed by atoms with van der Waals surface area (Å²) in [7, 11) is 0. The molecule has 0 N–H and O–H groups in total. The summed E-state index contributed by atoms with van der Waals surface area (Å²) in [5.41, 5.74) is 0. The van der Waals surface area contributed by atoms with Gasteiger partial charge in [0.1, 0.15) is 5.78 Å². The molecule has 0 aromatic rings. The third-order valence-electron chi connectivity index (χ3n) is 0.696. The number of carbonyl (C=O) groups excluding carboxylic acids is 1. The first-order valence-electron chi connectivity index (χ1n) is 2.62. The largest absolute Gasteiger partial charge is 1.00 e. The molecule has 0 atom stereocenters. The number of ketones is 1. The van der Waals surface area contributed by atoms with Crippen LogP contribution in [-0.4, -0.2) is 19.9 Å². The molecule has 0 saturated heterocycles. The van der Waals surface area contributed by atoms with Crippen molar-refractivity contribution in [1.29, 1.82) is 0 Å². The summed E-state index contributed by atoms with van der Waals surface area (Å²) in [6.45, 7) is 1.66. The Morgan fingerprint density at radius 2 is 2.00 bits per heavy atom. The minimum atomic E-state index is -0.578. The molecule has 0 aliphatic heterocycles. The van der Waals surface area contributed by atoms with Crippen LogP contribution in [0.1, 0.15) is 8.35 Å². The van der Waals surface area contributed by atoms with Crippen molar-refractivity contribution in [3.05, 3.63) is 0 Å². The van der Waals surface area contributed by atoms with Gasteiger partial charge in [0.15, 0.2) is 0 Å². The quantitative estimate of drug-likeness (QED) is 0.405. The molecule has 0 aromatic heterocycles. The van der Waals surface area contributed by atoms with Crippen LogP contribution in [0, 0.1) is 0 Å². The Bertz CT molecular complexity index is 77.4. The van der Waals surface area contributed by atoms with Gasteiger partial charge in [0, 0.05) is 0 Å². The number of rotatable bonds is 2. The summed E-state index contributed by atoms with van der Waals surface area (Å²) >= 11 is -0.578. The second-order valence-electron chi connectivity index (χ2n) is 2.30. The van der Waals surface area contributed by atoms with Gasteiger partial charge < -0.3 is 6.22 Å². The molecule has 42 valence electrons. The maximum absolute atomic E-state index is 10.3. The normalized spacial score (nSPS) is 7.38. The van der Waals surface area contributed by atoms with E-state index in [1.807, 2.05) is 0 Å². The molecule has 0 fully saturated rings. The average molecular weight is 122 g/mol. The van der Waals surface area contributed by atoms with Gasteiger partial charge in [0.05, 0.1) is 0 Å². The first kappa shape index (κ1) is 11.6. The fourth-order valence-corrected chi connectivity index (χ4v) is 1.72. The first-order chi connectivity index (χ1) is 3.13. The van der Waals surface area contributed by atoms with Crippen molar-refractivity contribution in [2.24, 2.45) is 0 Å². The van der Waals surface area contributed by atoms with Crippen molar-refractivity contribution in [2.75, 3.05) is 0 Å². The number of hydrogen-bond acceptors (Lipinski definition) is 1. The van der Waals surface area contributed by atoms with Gasteiger partial charge in [-0.1, -0.05) is 0 Å². The SMILES string of the molecule is CC(=O)[CH2][Al]([CH3])[CH3].[H-].[Li+]. The molecule has 0 amide bonds. The predicted octanol–water partition coefficient (Wildman–Crippen LogP) is -1.55. The topological polar surface area (TPSA) is 17.1 Å². The van der Waals surface area contributed by atoms with Crippen LogP contribution in [0.15, 0.2) is 0 Å². The Morgan fingerprint density at radius 1 is 1.62 bits per heavy atom. The van der Waals surface area contributed by atoms with E-state index in [0.717, 1.165) is 5.28 Å².